The Morgan fingerprint density at radius 1 is 1.20 bits per heavy atom. The zero-order valence-corrected chi connectivity index (χ0v) is 12.1. The molecule has 104 valence electrons. The summed E-state index contributed by atoms with van der Waals surface area (Å²) in [7, 11) is 1.70. The molecule has 20 heavy (non-hydrogen) atoms. The Hall–Kier alpha value is -2.16. The van der Waals surface area contributed by atoms with Crippen molar-refractivity contribution in [1.29, 1.82) is 0 Å². The van der Waals surface area contributed by atoms with E-state index in [1.165, 1.54) is 5.56 Å². The highest BCUT2D eigenvalue weighted by molar-refractivity contribution is 5.62. The summed E-state index contributed by atoms with van der Waals surface area (Å²) in [5.41, 5.74) is 4.51. The Morgan fingerprint density at radius 2 is 2.05 bits per heavy atom. The second-order valence-electron chi connectivity index (χ2n) is 5.18. The molecule has 3 rings (SSSR count). The predicted octanol–water partition coefficient (Wildman–Crippen LogP) is 3.86. The van der Waals surface area contributed by atoms with E-state index in [4.69, 9.17) is 9.47 Å². The molecule has 3 nitrogen and oxygen atoms in total. The maximum absolute atomic E-state index is 6.20. The smallest absolute Gasteiger partial charge is 0.146 e. The highest BCUT2D eigenvalue weighted by Crippen LogP contribution is 2.39. The molecule has 1 aliphatic rings. The lowest BCUT2D eigenvalue weighted by Gasteiger charge is -2.29. The SMILES string of the molecule is COc1ccc(C)cc1C1CNc2cccc(C)c2O1. The Labute approximate surface area is 119 Å². The number of ether oxygens (including phenoxy) is 2. The minimum Gasteiger partial charge on any atom is -0.496 e. The van der Waals surface area contributed by atoms with Gasteiger partial charge in [0.1, 0.15) is 17.6 Å². The second kappa shape index (κ2) is 5.08. The summed E-state index contributed by atoms with van der Waals surface area (Å²) in [5.74, 6) is 1.81. The van der Waals surface area contributed by atoms with Crippen molar-refractivity contribution in [3.63, 3.8) is 0 Å². The fourth-order valence-electron chi connectivity index (χ4n) is 2.61. The maximum atomic E-state index is 6.20. The van der Waals surface area contributed by atoms with Crippen LogP contribution in [-0.4, -0.2) is 13.7 Å². The average molecular weight is 269 g/mol. The van der Waals surface area contributed by atoms with Gasteiger partial charge in [0.25, 0.3) is 0 Å². The summed E-state index contributed by atoms with van der Waals surface area (Å²) in [4.78, 5) is 0. The molecule has 3 heteroatoms. The quantitative estimate of drug-likeness (QED) is 0.898. The molecule has 0 bridgehead atoms. The number of rotatable bonds is 2. The van der Waals surface area contributed by atoms with E-state index in [0.29, 0.717) is 0 Å². The first kappa shape index (κ1) is 12.9. The van der Waals surface area contributed by atoms with Crippen molar-refractivity contribution in [2.75, 3.05) is 19.0 Å². The van der Waals surface area contributed by atoms with Gasteiger partial charge in [-0.2, -0.15) is 0 Å². The van der Waals surface area contributed by atoms with Gasteiger partial charge in [0.05, 0.1) is 19.3 Å². The maximum Gasteiger partial charge on any atom is 0.146 e. The van der Waals surface area contributed by atoms with Gasteiger partial charge in [-0.15, -0.1) is 0 Å². The van der Waals surface area contributed by atoms with Gasteiger partial charge in [0.15, 0.2) is 0 Å². The van der Waals surface area contributed by atoms with Gasteiger partial charge in [-0.1, -0.05) is 23.8 Å². The fraction of sp³-hybridized carbons (Fsp3) is 0.294. The van der Waals surface area contributed by atoms with Crippen molar-refractivity contribution in [3.05, 3.63) is 53.1 Å². The van der Waals surface area contributed by atoms with E-state index in [2.05, 4.69) is 37.4 Å². The lowest BCUT2D eigenvalue weighted by atomic mass is 10.0. The summed E-state index contributed by atoms with van der Waals surface area (Å²) in [5, 5.41) is 3.44. The minimum atomic E-state index is -0.0292. The van der Waals surface area contributed by atoms with Crippen molar-refractivity contribution in [2.45, 2.75) is 20.0 Å². The van der Waals surface area contributed by atoms with E-state index >= 15 is 0 Å². The molecule has 0 amide bonds. The number of methoxy groups -OCH3 is 1. The Kier molecular flexibility index (Phi) is 3.26. The van der Waals surface area contributed by atoms with Gasteiger partial charge < -0.3 is 14.8 Å². The Balaban J connectivity index is 1.98. The molecule has 1 heterocycles. The molecule has 0 aliphatic carbocycles. The van der Waals surface area contributed by atoms with Crippen LogP contribution >= 0.6 is 0 Å². The number of hydrogen-bond donors (Lipinski definition) is 1. The molecule has 0 radical (unpaired) electrons. The number of para-hydroxylation sites is 1. The van der Waals surface area contributed by atoms with E-state index < -0.39 is 0 Å². The van der Waals surface area contributed by atoms with Crippen molar-refractivity contribution in [3.8, 4) is 11.5 Å². The zero-order valence-electron chi connectivity index (χ0n) is 12.1. The van der Waals surface area contributed by atoms with E-state index in [-0.39, 0.29) is 6.10 Å². The number of hydrogen-bond acceptors (Lipinski definition) is 3. The van der Waals surface area contributed by atoms with Crippen LogP contribution in [0.15, 0.2) is 36.4 Å². The van der Waals surface area contributed by atoms with Crippen LogP contribution in [0, 0.1) is 13.8 Å². The Bertz CT molecular complexity index is 637. The molecule has 0 spiro atoms. The van der Waals surface area contributed by atoms with Crippen LogP contribution in [0.5, 0.6) is 11.5 Å². The molecule has 1 N–H and O–H groups in total. The third-order valence-corrected chi connectivity index (χ3v) is 3.68. The van der Waals surface area contributed by atoms with E-state index in [0.717, 1.165) is 34.9 Å². The van der Waals surface area contributed by atoms with Crippen LogP contribution in [0.4, 0.5) is 5.69 Å². The molecular formula is C17H19NO2. The molecular weight excluding hydrogens is 250 g/mol. The summed E-state index contributed by atoms with van der Waals surface area (Å²) >= 11 is 0. The fourth-order valence-corrected chi connectivity index (χ4v) is 2.61. The zero-order chi connectivity index (χ0) is 14.1. The number of nitrogens with one attached hydrogen (secondary N) is 1. The predicted molar refractivity (Wildman–Crippen MR) is 80.8 cm³/mol. The topological polar surface area (TPSA) is 30.5 Å². The third-order valence-electron chi connectivity index (χ3n) is 3.68. The number of aryl methyl sites for hydroxylation is 2. The van der Waals surface area contributed by atoms with Crippen LogP contribution in [0.3, 0.4) is 0 Å². The monoisotopic (exact) mass is 269 g/mol. The van der Waals surface area contributed by atoms with Crippen molar-refractivity contribution in [1.82, 2.24) is 0 Å². The van der Waals surface area contributed by atoms with Gasteiger partial charge >= 0.3 is 0 Å². The first-order valence-electron chi connectivity index (χ1n) is 6.83. The molecule has 1 aliphatic heterocycles. The highest BCUT2D eigenvalue weighted by atomic mass is 16.5. The van der Waals surface area contributed by atoms with Crippen molar-refractivity contribution >= 4 is 5.69 Å². The molecule has 0 aromatic heterocycles. The van der Waals surface area contributed by atoms with Crippen LogP contribution in [0.1, 0.15) is 22.8 Å². The molecule has 1 unspecified atom stereocenters. The largest absolute Gasteiger partial charge is 0.496 e. The first-order chi connectivity index (χ1) is 9.69. The standard InChI is InChI=1S/C17H19NO2/c1-11-7-8-15(19-3)13(9-11)16-10-18-14-6-4-5-12(2)17(14)20-16/h4-9,16,18H,10H2,1-3H3. The van der Waals surface area contributed by atoms with Crippen molar-refractivity contribution in [2.24, 2.45) is 0 Å². The van der Waals surface area contributed by atoms with Gasteiger partial charge in [0.2, 0.25) is 0 Å². The minimum absolute atomic E-state index is 0.0292. The second-order valence-corrected chi connectivity index (χ2v) is 5.18. The molecule has 0 saturated heterocycles. The summed E-state index contributed by atoms with van der Waals surface area (Å²) in [6.07, 6.45) is -0.0292. The molecule has 2 aromatic carbocycles. The summed E-state index contributed by atoms with van der Waals surface area (Å²) in [6, 6.07) is 12.3. The normalized spacial score (nSPS) is 16.9. The third kappa shape index (κ3) is 2.20. The van der Waals surface area contributed by atoms with Crippen LogP contribution in [0.25, 0.3) is 0 Å². The first-order valence-corrected chi connectivity index (χ1v) is 6.83. The van der Waals surface area contributed by atoms with Crippen LogP contribution in [0.2, 0.25) is 0 Å². The van der Waals surface area contributed by atoms with E-state index in [1.807, 2.05) is 18.2 Å². The van der Waals surface area contributed by atoms with Gasteiger partial charge in [0, 0.05) is 5.56 Å². The molecule has 2 aromatic rings. The highest BCUT2D eigenvalue weighted by Gasteiger charge is 2.24. The average Bonchev–Trinajstić information content (AvgIpc) is 2.47. The number of fused-ring (bicyclic) bond motifs is 1. The molecule has 0 saturated carbocycles. The van der Waals surface area contributed by atoms with Crippen molar-refractivity contribution < 1.29 is 9.47 Å². The van der Waals surface area contributed by atoms with Gasteiger partial charge in [-0.25, -0.2) is 0 Å². The van der Waals surface area contributed by atoms with E-state index in [1.54, 1.807) is 7.11 Å². The van der Waals surface area contributed by atoms with Crippen LogP contribution in [-0.2, 0) is 0 Å². The summed E-state index contributed by atoms with van der Waals surface area (Å²) in [6.45, 7) is 4.89. The Morgan fingerprint density at radius 3 is 2.85 bits per heavy atom. The van der Waals surface area contributed by atoms with Gasteiger partial charge in [-0.05, 0) is 37.6 Å². The lowest BCUT2D eigenvalue weighted by Crippen LogP contribution is -2.24. The number of benzene rings is 2. The number of anilines is 1. The van der Waals surface area contributed by atoms with Crippen LogP contribution < -0.4 is 14.8 Å². The molecule has 0 fully saturated rings. The summed E-state index contributed by atoms with van der Waals surface area (Å²) < 4.78 is 11.7. The lowest BCUT2D eigenvalue weighted by molar-refractivity contribution is 0.204. The van der Waals surface area contributed by atoms with Gasteiger partial charge in [-0.3, -0.25) is 0 Å². The molecule has 1 atom stereocenters. The van der Waals surface area contributed by atoms with E-state index in [9.17, 15) is 0 Å².